The van der Waals surface area contributed by atoms with Crippen LogP contribution in [0, 0.1) is 0 Å². The Kier molecular flexibility index (Phi) is 5.73. The highest BCUT2D eigenvalue weighted by Gasteiger charge is 2.25. The third kappa shape index (κ3) is 4.30. The number of aromatic nitrogens is 2. The molecule has 0 bridgehead atoms. The Labute approximate surface area is 183 Å². The quantitative estimate of drug-likeness (QED) is 0.511. The van der Waals surface area contributed by atoms with E-state index in [2.05, 4.69) is 14.7 Å². The van der Waals surface area contributed by atoms with Gasteiger partial charge < -0.3 is 0 Å². The summed E-state index contributed by atoms with van der Waals surface area (Å²) in [6.45, 7) is 1.78. The smallest absolute Gasteiger partial charge is 0.234 e. The highest BCUT2D eigenvalue weighted by atomic mass is 35.5. The number of nitrogens with one attached hydrogen (secondary N) is 1. The maximum atomic E-state index is 13.1. The summed E-state index contributed by atoms with van der Waals surface area (Å²) in [5.74, 6) is -0.242. The first-order valence-electron chi connectivity index (χ1n) is 9.32. The van der Waals surface area contributed by atoms with Crippen LogP contribution < -0.4 is 4.72 Å². The van der Waals surface area contributed by atoms with Crippen molar-refractivity contribution in [3.63, 3.8) is 0 Å². The second-order valence-electron chi connectivity index (χ2n) is 6.84. The fourth-order valence-electron chi connectivity index (χ4n) is 3.23. The van der Waals surface area contributed by atoms with Gasteiger partial charge in [0.15, 0.2) is 5.13 Å². The molecule has 0 radical (unpaired) electrons. The summed E-state index contributed by atoms with van der Waals surface area (Å²) in [5.41, 5.74) is 4.18. The minimum Gasteiger partial charge on any atom is -0.287 e. The number of rotatable bonds is 7. The predicted octanol–water partition coefficient (Wildman–Crippen LogP) is 4.83. The molecule has 0 spiro atoms. The highest BCUT2D eigenvalue weighted by Crippen LogP contribution is 2.33. The molecule has 0 atom stereocenters. The predicted molar refractivity (Wildman–Crippen MR) is 121 cm³/mol. The average Bonchev–Trinajstić information content (AvgIpc) is 3.34. The molecule has 0 aliphatic heterocycles. The Hall–Kier alpha value is -2.55. The van der Waals surface area contributed by atoms with Crippen molar-refractivity contribution in [3.8, 4) is 11.1 Å². The Bertz CT molecular complexity index is 1250. The van der Waals surface area contributed by atoms with E-state index in [0.29, 0.717) is 23.4 Å². The molecule has 0 saturated heterocycles. The van der Waals surface area contributed by atoms with Crippen molar-refractivity contribution in [2.75, 3.05) is 10.5 Å². The summed E-state index contributed by atoms with van der Waals surface area (Å²) in [5, 5.41) is 2.41. The van der Waals surface area contributed by atoms with Crippen LogP contribution in [0.15, 0.2) is 48.0 Å². The van der Waals surface area contributed by atoms with Gasteiger partial charge in [-0.1, -0.05) is 36.7 Å². The Morgan fingerprint density at radius 3 is 2.73 bits per heavy atom. The fourth-order valence-corrected chi connectivity index (χ4v) is 5.41. The van der Waals surface area contributed by atoms with E-state index in [0.717, 1.165) is 33.7 Å². The van der Waals surface area contributed by atoms with Crippen LogP contribution in [0.25, 0.3) is 16.7 Å². The molecule has 1 aliphatic rings. The van der Waals surface area contributed by atoms with Gasteiger partial charge in [0.1, 0.15) is 5.69 Å². The zero-order chi connectivity index (χ0) is 21.3. The second-order valence-corrected chi connectivity index (χ2v) is 9.97. The first-order valence-corrected chi connectivity index (χ1v) is 12.2. The standard InChI is InChI=1S/C21H18ClN3O3S2/c1-2-9-30(27,28)25-21-24-19(12-29-21)20(26)16-7-8-18-17(16)10-14(11-23-18)13-3-5-15(22)6-4-13/h3-7,10-12H,2,8-9H2,1H3,(H,24,25). The minimum atomic E-state index is -3.45. The summed E-state index contributed by atoms with van der Waals surface area (Å²) < 4.78 is 26.3. The van der Waals surface area contributed by atoms with Crippen molar-refractivity contribution in [1.82, 2.24) is 9.97 Å². The third-order valence-corrected chi connectivity index (χ3v) is 7.22. The normalized spacial score (nSPS) is 13.1. The van der Waals surface area contributed by atoms with Gasteiger partial charge >= 0.3 is 0 Å². The zero-order valence-corrected chi connectivity index (χ0v) is 18.4. The molecule has 2 aromatic heterocycles. The Morgan fingerprint density at radius 2 is 2.00 bits per heavy atom. The summed E-state index contributed by atoms with van der Waals surface area (Å²) >= 11 is 7.06. The lowest BCUT2D eigenvalue weighted by Crippen LogP contribution is -2.16. The number of halogens is 1. The van der Waals surface area contributed by atoms with Gasteiger partial charge in [0, 0.05) is 39.7 Å². The van der Waals surface area contributed by atoms with E-state index in [-0.39, 0.29) is 22.4 Å². The maximum absolute atomic E-state index is 13.1. The van der Waals surface area contributed by atoms with Gasteiger partial charge in [-0.25, -0.2) is 13.4 Å². The molecule has 2 heterocycles. The van der Waals surface area contributed by atoms with Crippen molar-refractivity contribution in [2.24, 2.45) is 0 Å². The number of fused-ring (bicyclic) bond motifs is 1. The number of pyridine rings is 1. The van der Waals surface area contributed by atoms with Crippen molar-refractivity contribution in [1.29, 1.82) is 0 Å². The van der Waals surface area contributed by atoms with Crippen molar-refractivity contribution >= 4 is 49.4 Å². The average molecular weight is 460 g/mol. The van der Waals surface area contributed by atoms with Crippen LogP contribution in [-0.4, -0.2) is 29.9 Å². The monoisotopic (exact) mass is 459 g/mol. The molecule has 30 heavy (non-hydrogen) atoms. The van der Waals surface area contributed by atoms with Crippen LogP contribution in [0.2, 0.25) is 5.02 Å². The van der Waals surface area contributed by atoms with E-state index in [1.165, 1.54) is 0 Å². The van der Waals surface area contributed by atoms with E-state index < -0.39 is 10.0 Å². The summed E-state index contributed by atoms with van der Waals surface area (Å²) in [4.78, 5) is 21.8. The zero-order valence-electron chi connectivity index (χ0n) is 16.1. The Balaban J connectivity index is 1.59. The highest BCUT2D eigenvalue weighted by molar-refractivity contribution is 7.92. The van der Waals surface area contributed by atoms with Crippen LogP contribution in [0.1, 0.15) is 35.1 Å². The Morgan fingerprint density at radius 1 is 1.23 bits per heavy atom. The lowest BCUT2D eigenvalue weighted by molar-refractivity contribution is 0.105. The van der Waals surface area contributed by atoms with E-state index >= 15 is 0 Å². The molecule has 6 nitrogen and oxygen atoms in total. The number of hydrogen-bond acceptors (Lipinski definition) is 6. The molecule has 0 fully saturated rings. The van der Waals surface area contributed by atoms with E-state index in [9.17, 15) is 13.2 Å². The van der Waals surface area contributed by atoms with Gasteiger partial charge in [-0.3, -0.25) is 14.5 Å². The number of carbonyl (C=O) groups is 1. The van der Waals surface area contributed by atoms with Gasteiger partial charge in [-0.2, -0.15) is 0 Å². The van der Waals surface area contributed by atoms with Crippen LogP contribution in [0.3, 0.4) is 0 Å². The summed E-state index contributed by atoms with van der Waals surface area (Å²) in [7, 11) is -3.45. The topological polar surface area (TPSA) is 89.0 Å². The van der Waals surface area contributed by atoms with Gasteiger partial charge in [-0.05, 0) is 30.2 Å². The molecule has 0 saturated carbocycles. The number of carbonyl (C=O) groups excluding carboxylic acids is 1. The number of Topliss-reactive ketones (excluding diaryl/α,β-unsaturated/α-hetero) is 1. The number of benzene rings is 1. The molecule has 3 aromatic rings. The van der Waals surface area contributed by atoms with Crippen LogP contribution in [-0.2, 0) is 16.4 Å². The maximum Gasteiger partial charge on any atom is 0.234 e. The molecule has 0 unspecified atom stereocenters. The van der Waals surface area contributed by atoms with Crippen LogP contribution >= 0.6 is 22.9 Å². The van der Waals surface area contributed by atoms with E-state index in [1.54, 1.807) is 18.5 Å². The molecule has 1 aliphatic carbocycles. The number of sulfonamides is 1. The lowest BCUT2D eigenvalue weighted by atomic mass is 9.99. The van der Waals surface area contributed by atoms with Gasteiger partial charge in [0.05, 0.1) is 11.4 Å². The summed E-state index contributed by atoms with van der Waals surface area (Å²) in [6.07, 6.45) is 4.69. The molecule has 1 aromatic carbocycles. The molecule has 1 N–H and O–H groups in total. The molecule has 154 valence electrons. The number of nitrogens with zero attached hydrogens (tertiary/aromatic N) is 2. The fraction of sp³-hybridized carbons (Fsp3) is 0.190. The summed E-state index contributed by atoms with van der Waals surface area (Å²) in [6, 6.07) is 9.37. The molecule has 0 amide bonds. The van der Waals surface area contributed by atoms with E-state index in [4.69, 9.17) is 11.6 Å². The SMILES string of the molecule is CCCS(=O)(=O)Nc1nc(C(=O)C2=CCc3ncc(-c4ccc(Cl)cc4)cc32)cs1. The molecule has 9 heteroatoms. The first kappa shape index (κ1) is 20.7. The second kappa shape index (κ2) is 8.29. The molecular weight excluding hydrogens is 442 g/mol. The third-order valence-electron chi connectivity index (χ3n) is 4.63. The minimum absolute atomic E-state index is 0.00747. The van der Waals surface area contributed by atoms with Crippen LogP contribution in [0.4, 0.5) is 5.13 Å². The van der Waals surface area contributed by atoms with Crippen molar-refractivity contribution in [2.45, 2.75) is 19.8 Å². The number of thiazole rings is 1. The lowest BCUT2D eigenvalue weighted by Gasteiger charge is -2.07. The molecule has 4 rings (SSSR count). The van der Waals surface area contributed by atoms with Crippen molar-refractivity contribution in [3.05, 3.63) is 70.0 Å². The van der Waals surface area contributed by atoms with Gasteiger partial charge in [0.25, 0.3) is 0 Å². The first-order chi connectivity index (χ1) is 14.4. The number of hydrogen-bond donors (Lipinski definition) is 1. The number of anilines is 1. The molecular formula is C21H18ClN3O3S2. The van der Waals surface area contributed by atoms with Gasteiger partial charge in [-0.15, -0.1) is 11.3 Å². The van der Waals surface area contributed by atoms with E-state index in [1.807, 2.05) is 36.4 Å². The number of allylic oxidation sites excluding steroid dienone is 2. The van der Waals surface area contributed by atoms with Gasteiger partial charge in [0.2, 0.25) is 15.8 Å². The van der Waals surface area contributed by atoms with Crippen molar-refractivity contribution < 1.29 is 13.2 Å². The number of ketones is 1. The van der Waals surface area contributed by atoms with Crippen LogP contribution in [0.5, 0.6) is 0 Å². The largest absolute Gasteiger partial charge is 0.287 e.